The monoisotopic (exact) mass is 725 g/mol. The van der Waals surface area contributed by atoms with Crippen molar-refractivity contribution >= 4 is 23.9 Å². The molecule has 0 saturated heterocycles. The summed E-state index contributed by atoms with van der Waals surface area (Å²) in [4.78, 5) is 52.3. The van der Waals surface area contributed by atoms with E-state index in [1.54, 1.807) is 12.2 Å². The number of alkyl carbamates (subject to hydrolysis) is 1. The summed E-state index contributed by atoms with van der Waals surface area (Å²) in [6.45, 7) is 7.82. The highest BCUT2D eigenvalue weighted by molar-refractivity contribution is 5.86. The van der Waals surface area contributed by atoms with Crippen LogP contribution in [0.5, 0.6) is 0 Å². The summed E-state index contributed by atoms with van der Waals surface area (Å²) in [5.41, 5.74) is 2.88. The molecule has 0 unspecified atom stereocenters. The number of hydrogen-bond donors (Lipinski definition) is 4. The molecule has 0 aliphatic rings. The van der Waals surface area contributed by atoms with Gasteiger partial charge in [0.1, 0.15) is 13.2 Å². The molecule has 0 saturated carbocycles. The fourth-order valence-electron chi connectivity index (χ4n) is 5.87. The van der Waals surface area contributed by atoms with Crippen molar-refractivity contribution in [3.8, 4) is 0 Å². The molecule has 3 amide bonds. The van der Waals surface area contributed by atoms with Crippen LogP contribution in [0, 0.1) is 11.8 Å². The zero-order valence-corrected chi connectivity index (χ0v) is 30.6. The Morgan fingerprint density at radius 3 is 1.92 bits per heavy atom. The fourth-order valence-corrected chi connectivity index (χ4v) is 5.87. The highest BCUT2D eigenvalue weighted by Gasteiger charge is 2.26. The van der Waals surface area contributed by atoms with Gasteiger partial charge in [0.15, 0.2) is 0 Å². The molecular formula is C43H55N3O7. The minimum absolute atomic E-state index is 0.0484. The van der Waals surface area contributed by atoms with Crippen molar-refractivity contribution in [2.24, 2.45) is 11.8 Å². The van der Waals surface area contributed by atoms with Gasteiger partial charge in [0.2, 0.25) is 11.8 Å². The van der Waals surface area contributed by atoms with Gasteiger partial charge in [-0.15, -0.1) is 13.2 Å². The second-order valence-corrected chi connectivity index (χ2v) is 13.1. The third kappa shape index (κ3) is 17.2. The first kappa shape index (κ1) is 42.2. The molecular weight excluding hydrogens is 670 g/mol. The molecule has 0 aliphatic heterocycles. The van der Waals surface area contributed by atoms with Gasteiger partial charge in [-0.3, -0.25) is 14.4 Å². The van der Waals surface area contributed by atoms with E-state index in [9.17, 15) is 24.3 Å². The van der Waals surface area contributed by atoms with Crippen LogP contribution in [-0.4, -0.2) is 60.8 Å². The van der Waals surface area contributed by atoms with E-state index in [0.29, 0.717) is 51.5 Å². The maximum atomic E-state index is 13.6. The molecule has 0 aliphatic carbocycles. The van der Waals surface area contributed by atoms with Gasteiger partial charge in [-0.25, -0.2) is 4.79 Å². The number of nitrogens with one attached hydrogen (secondary N) is 3. The van der Waals surface area contributed by atoms with Crippen molar-refractivity contribution in [2.75, 3.05) is 19.8 Å². The lowest BCUT2D eigenvalue weighted by atomic mass is 9.95. The molecule has 0 spiro atoms. The summed E-state index contributed by atoms with van der Waals surface area (Å²) in [5.74, 6) is -2.18. The van der Waals surface area contributed by atoms with Crippen LogP contribution in [-0.2, 0) is 43.3 Å². The molecule has 3 aromatic carbocycles. The predicted octanol–water partition coefficient (Wildman–Crippen LogP) is 6.24. The number of allylic oxidation sites excluding steroid dienone is 2. The molecule has 10 nitrogen and oxygen atoms in total. The second-order valence-electron chi connectivity index (χ2n) is 13.1. The van der Waals surface area contributed by atoms with Crippen molar-refractivity contribution in [3.05, 3.63) is 133 Å². The van der Waals surface area contributed by atoms with Crippen LogP contribution in [0.2, 0.25) is 0 Å². The number of ether oxygens (including phenoxy) is 2. The zero-order valence-electron chi connectivity index (χ0n) is 30.6. The topological polar surface area (TPSA) is 143 Å². The molecule has 0 bridgehead atoms. The number of carbonyl (C=O) groups is 4. The lowest BCUT2D eigenvalue weighted by Gasteiger charge is -2.24. The zero-order chi connectivity index (χ0) is 38.1. The number of rotatable bonds is 25. The number of unbranched alkanes of at least 4 members (excludes halogenated alkanes) is 1. The van der Waals surface area contributed by atoms with Crippen molar-refractivity contribution in [3.63, 3.8) is 0 Å². The Hall–Kier alpha value is -5.22. The van der Waals surface area contributed by atoms with Crippen molar-refractivity contribution in [1.82, 2.24) is 16.0 Å². The molecule has 53 heavy (non-hydrogen) atoms. The van der Waals surface area contributed by atoms with E-state index in [4.69, 9.17) is 9.47 Å². The highest BCUT2D eigenvalue weighted by Crippen LogP contribution is 2.18. The van der Waals surface area contributed by atoms with Crippen LogP contribution >= 0.6 is 0 Å². The van der Waals surface area contributed by atoms with Crippen LogP contribution in [0.25, 0.3) is 0 Å². The van der Waals surface area contributed by atoms with Crippen LogP contribution in [0.15, 0.2) is 116 Å². The van der Waals surface area contributed by atoms with Gasteiger partial charge in [0, 0.05) is 13.0 Å². The van der Waals surface area contributed by atoms with Gasteiger partial charge in [0.25, 0.3) is 0 Å². The van der Waals surface area contributed by atoms with Gasteiger partial charge in [-0.2, -0.15) is 0 Å². The van der Waals surface area contributed by atoms with E-state index in [1.807, 2.05) is 91.0 Å². The maximum Gasteiger partial charge on any atom is 0.407 e. The number of esters is 1. The largest absolute Gasteiger partial charge is 0.463 e. The standard InChI is InChI=1S/C43H55N3O7/c1-3-5-24-37(27-33-18-9-6-10-19-33)42(50)52-32-38(25-15-16-26-44-43(51)53-31-35-22-13-8-14-23-35)46-41(49)36(17-4-2)29-40(48)45-39(30-47)28-34-20-11-7-12-21-34/h3-4,6-14,18-23,36-39,47H,1-2,5,15-17,24-32H2,(H,44,51)(H,45,48)(H,46,49)/t36-,37+,38-,39-/m0/s1. The molecule has 0 aromatic heterocycles. The van der Waals surface area contributed by atoms with E-state index in [2.05, 4.69) is 29.1 Å². The molecule has 4 N–H and O–H groups in total. The quantitative estimate of drug-likeness (QED) is 0.0460. The first-order chi connectivity index (χ1) is 25.8. The normalized spacial score (nSPS) is 13.0. The molecule has 4 atom stereocenters. The Morgan fingerprint density at radius 1 is 0.698 bits per heavy atom. The minimum Gasteiger partial charge on any atom is -0.463 e. The summed E-state index contributed by atoms with van der Waals surface area (Å²) in [5, 5.41) is 18.5. The molecule has 3 aromatic rings. The third-order valence-electron chi connectivity index (χ3n) is 8.78. The van der Waals surface area contributed by atoms with Crippen molar-refractivity contribution in [1.29, 1.82) is 0 Å². The van der Waals surface area contributed by atoms with E-state index < -0.39 is 24.1 Å². The Balaban J connectivity index is 1.60. The summed E-state index contributed by atoms with van der Waals surface area (Å²) in [6.07, 6.45) is 6.87. The smallest absolute Gasteiger partial charge is 0.407 e. The van der Waals surface area contributed by atoms with Crippen LogP contribution in [0.4, 0.5) is 4.79 Å². The molecule has 3 rings (SSSR count). The van der Waals surface area contributed by atoms with Gasteiger partial charge in [0.05, 0.1) is 30.5 Å². The van der Waals surface area contributed by atoms with Gasteiger partial charge >= 0.3 is 12.1 Å². The average Bonchev–Trinajstić information content (AvgIpc) is 3.18. The Bertz CT molecular complexity index is 1540. The van der Waals surface area contributed by atoms with E-state index in [0.717, 1.165) is 16.7 Å². The summed E-state index contributed by atoms with van der Waals surface area (Å²) in [7, 11) is 0. The number of benzene rings is 3. The van der Waals surface area contributed by atoms with E-state index in [1.165, 1.54) is 0 Å². The summed E-state index contributed by atoms with van der Waals surface area (Å²) < 4.78 is 11.1. The fraction of sp³-hybridized carbons (Fsp3) is 0.395. The number of aliphatic hydroxyl groups excluding tert-OH is 1. The molecule has 0 fully saturated rings. The molecule has 0 heterocycles. The minimum atomic E-state index is -0.721. The molecule has 284 valence electrons. The van der Waals surface area contributed by atoms with Gasteiger partial charge in [-0.1, -0.05) is 103 Å². The maximum absolute atomic E-state index is 13.6. The van der Waals surface area contributed by atoms with Gasteiger partial charge < -0.3 is 30.5 Å². The van der Waals surface area contributed by atoms with Crippen LogP contribution in [0.3, 0.4) is 0 Å². The van der Waals surface area contributed by atoms with E-state index in [-0.39, 0.29) is 56.4 Å². The molecule has 10 heteroatoms. The van der Waals surface area contributed by atoms with Crippen LogP contribution in [0.1, 0.15) is 61.6 Å². The van der Waals surface area contributed by atoms with Crippen LogP contribution < -0.4 is 16.0 Å². The second kappa shape index (κ2) is 24.9. The van der Waals surface area contributed by atoms with Crippen molar-refractivity contribution in [2.45, 2.75) is 76.5 Å². The van der Waals surface area contributed by atoms with Crippen molar-refractivity contribution < 1.29 is 33.8 Å². The Morgan fingerprint density at radius 2 is 1.32 bits per heavy atom. The summed E-state index contributed by atoms with van der Waals surface area (Å²) in [6, 6.07) is 27.6. The first-order valence-electron chi connectivity index (χ1n) is 18.4. The first-order valence-corrected chi connectivity index (χ1v) is 18.4. The number of amides is 3. The lowest BCUT2D eigenvalue weighted by molar-refractivity contribution is -0.150. The highest BCUT2D eigenvalue weighted by atomic mass is 16.5. The molecule has 0 radical (unpaired) electrons. The number of aliphatic hydroxyl groups is 1. The van der Waals surface area contributed by atoms with Gasteiger partial charge in [-0.05, 0) is 68.1 Å². The lowest BCUT2D eigenvalue weighted by Crippen LogP contribution is -2.45. The SMILES string of the molecule is C=CCC[C@H](Cc1ccccc1)C(=O)OC[C@H](CCCCNC(=O)OCc1ccccc1)NC(=O)[C@@H](CC=C)CC(=O)N[C@H](CO)Cc1ccccc1. The number of carbonyl (C=O) groups excluding carboxylic acids is 4. The Labute approximate surface area is 314 Å². The summed E-state index contributed by atoms with van der Waals surface area (Å²) >= 11 is 0. The average molecular weight is 726 g/mol. The Kier molecular flexibility index (Phi) is 19.8. The third-order valence-corrected chi connectivity index (χ3v) is 8.78. The number of hydrogen-bond acceptors (Lipinski definition) is 7. The van der Waals surface area contributed by atoms with E-state index >= 15 is 0 Å². The predicted molar refractivity (Wildman–Crippen MR) is 207 cm³/mol.